The molecule has 3 aromatic rings. The van der Waals surface area contributed by atoms with Gasteiger partial charge in [-0.3, -0.25) is 9.59 Å². The number of hydrogen-bond donors (Lipinski definition) is 1. The molecule has 32 heavy (non-hydrogen) atoms. The summed E-state index contributed by atoms with van der Waals surface area (Å²) in [6.45, 7) is 10.3. The van der Waals surface area contributed by atoms with Crippen LogP contribution in [0.3, 0.4) is 0 Å². The molecule has 0 fully saturated rings. The Kier molecular flexibility index (Phi) is 7.87. The summed E-state index contributed by atoms with van der Waals surface area (Å²) in [4.78, 5) is 28.3. The van der Waals surface area contributed by atoms with Gasteiger partial charge in [-0.1, -0.05) is 49.7 Å². The minimum Gasteiger partial charge on any atom is -0.347 e. The molecule has 5 nitrogen and oxygen atoms in total. The van der Waals surface area contributed by atoms with Crippen LogP contribution in [0.25, 0.3) is 17.0 Å². The van der Waals surface area contributed by atoms with Crippen molar-refractivity contribution in [3.8, 4) is 0 Å². The number of rotatable bonds is 9. The second-order valence-electron chi connectivity index (χ2n) is 8.06. The average Bonchev–Trinajstić information content (AvgIpc) is 3.16. The van der Waals surface area contributed by atoms with Gasteiger partial charge < -0.3 is 14.8 Å². The third-order valence-electron chi connectivity index (χ3n) is 5.53. The van der Waals surface area contributed by atoms with Gasteiger partial charge in [0.15, 0.2) is 0 Å². The van der Waals surface area contributed by atoms with E-state index in [0.717, 1.165) is 41.4 Å². The molecule has 0 aliphatic heterocycles. The fourth-order valence-electron chi connectivity index (χ4n) is 3.88. The van der Waals surface area contributed by atoms with Gasteiger partial charge in [-0.2, -0.15) is 0 Å². The van der Waals surface area contributed by atoms with Crippen molar-refractivity contribution in [2.45, 2.75) is 47.1 Å². The lowest BCUT2D eigenvalue weighted by Crippen LogP contribution is -2.39. The van der Waals surface area contributed by atoms with Gasteiger partial charge in [0.25, 0.3) is 11.8 Å². The van der Waals surface area contributed by atoms with Crippen molar-refractivity contribution in [3.05, 3.63) is 77.1 Å². The van der Waals surface area contributed by atoms with Crippen LogP contribution in [0.5, 0.6) is 0 Å². The van der Waals surface area contributed by atoms with Crippen LogP contribution in [0.4, 0.5) is 0 Å². The summed E-state index contributed by atoms with van der Waals surface area (Å²) >= 11 is 0. The van der Waals surface area contributed by atoms with E-state index in [-0.39, 0.29) is 11.8 Å². The Morgan fingerprint density at radius 2 is 1.62 bits per heavy atom. The molecule has 0 saturated heterocycles. The molecule has 1 aromatic heterocycles. The van der Waals surface area contributed by atoms with Gasteiger partial charge in [0.1, 0.15) is 5.70 Å². The van der Waals surface area contributed by atoms with E-state index in [4.69, 9.17) is 0 Å². The number of para-hydroxylation sites is 1. The SMILES string of the molecule is CCCN(CCC)C(=O)/C(=C/c1cn(CC)c2ccccc12)NC(=O)c1ccc(C)cc1. The van der Waals surface area contributed by atoms with Crippen LogP contribution >= 0.6 is 0 Å². The first-order chi connectivity index (χ1) is 15.5. The van der Waals surface area contributed by atoms with Gasteiger partial charge in [-0.05, 0) is 51.0 Å². The maximum Gasteiger partial charge on any atom is 0.270 e. The van der Waals surface area contributed by atoms with E-state index < -0.39 is 0 Å². The lowest BCUT2D eigenvalue weighted by molar-refractivity contribution is -0.127. The van der Waals surface area contributed by atoms with Gasteiger partial charge >= 0.3 is 0 Å². The van der Waals surface area contributed by atoms with Crippen molar-refractivity contribution in [2.75, 3.05) is 13.1 Å². The minimum absolute atomic E-state index is 0.150. The summed E-state index contributed by atoms with van der Waals surface area (Å²) in [6, 6.07) is 15.5. The number of aryl methyl sites for hydroxylation is 2. The summed E-state index contributed by atoms with van der Waals surface area (Å²) in [5, 5.41) is 3.97. The van der Waals surface area contributed by atoms with Gasteiger partial charge in [0.2, 0.25) is 0 Å². The molecule has 0 bridgehead atoms. The number of carbonyl (C=O) groups is 2. The monoisotopic (exact) mass is 431 g/mol. The number of aromatic nitrogens is 1. The summed E-state index contributed by atoms with van der Waals surface area (Å²) in [5.41, 5.74) is 3.94. The number of nitrogens with zero attached hydrogens (tertiary/aromatic N) is 2. The largest absolute Gasteiger partial charge is 0.347 e. The third-order valence-corrected chi connectivity index (χ3v) is 5.53. The molecule has 0 unspecified atom stereocenters. The molecule has 0 aliphatic rings. The van der Waals surface area contributed by atoms with Crippen molar-refractivity contribution >= 4 is 28.8 Å². The van der Waals surface area contributed by atoms with Crippen molar-refractivity contribution in [1.29, 1.82) is 0 Å². The highest BCUT2D eigenvalue weighted by Crippen LogP contribution is 2.24. The first kappa shape index (κ1) is 23.3. The zero-order valence-electron chi connectivity index (χ0n) is 19.5. The van der Waals surface area contributed by atoms with Crippen LogP contribution in [-0.4, -0.2) is 34.4 Å². The molecule has 0 saturated carbocycles. The zero-order valence-corrected chi connectivity index (χ0v) is 19.5. The van der Waals surface area contributed by atoms with Crippen LogP contribution in [0, 0.1) is 6.92 Å². The summed E-state index contributed by atoms with van der Waals surface area (Å²) in [6.07, 6.45) is 5.58. The molecule has 3 rings (SSSR count). The maximum atomic E-state index is 13.5. The molecule has 0 aliphatic carbocycles. The highest BCUT2D eigenvalue weighted by Gasteiger charge is 2.21. The zero-order chi connectivity index (χ0) is 23.1. The highest BCUT2D eigenvalue weighted by molar-refractivity contribution is 6.06. The highest BCUT2D eigenvalue weighted by atomic mass is 16.2. The Bertz CT molecular complexity index is 1100. The lowest BCUT2D eigenvalue weighted by Gasteiger charge is -2.23. The molecule has 2 aromatic carbocycles. The Balaban J connectivity index is 2.04. The van der Waals surface area contributed by atoms with Gasteiger partial charge in [-0.25, -0.2) is 0 Å². The molecular weight excluding hydrogens is 398 g/mol. The quantitative estimate of drug-likeness (QED) is 0.462. The fraction of sp³-hybridized carbons (Fsp3) is 0.333. The van der Waals surface area contributed by atoms with Crippen LogP contribution in [0.2, 0.25) is 0 Å². The van der Waals surface area contributed by atoms with E-state index in [9.17, 15) is 9.59 Å². The molecule has 1 heterocycles. The number of carbonyl (C=O) groups excluding carboxylic acids is 2. The van der Waals surface area contributed by atoms with Crippen molar-refractivity contribution in [2.24, 2.45) is 0 Å². The molecule has 0 atom stereocenters. The third kappa shape index (κ3) is 5.28. The number of hydrogen-bond acceptors (Lipinski definition) is 2. The van der Waals surface area contributed by atoms with E-state index in [0.29, 0.717) is 24.4 Å². The first-order valence-corrected chi connectivity index (χ1v) is 11.4. The lowest BCUT2D eigenvalue weighted by atomic mass is 10.1. The van der Waals surface area contributed by atoms with E-state index >= 15 is 0 Å². The normalized spacial score (nSPS) is 11.6. The summed E-state index contributed by atoms with van der Waals surface area (Å²) in [7, 11) is 0. The molecule has 0 spiro atoms. The number of fused-ring (bicyclic) bond motifs is 1. The van der Waals surface area contributed by atoms with Crippen LogP contribution < -0.4 is 5.32 Å². The van der Waals surface area contributed by atoms with Crippen molar-refractivity contribution in [1.82, 2.24) is 14.8 Å². The Morgan fingerprint density at radius 3 is 2.25 bits per heavy atom. The van der Waals surface area contributed by atoms with Crippen LogP contribution in [-0.2, 0) is 11.3 Å². The van der Waals surface area contributed by atoms with Gasteiger partial charge in [-0.15, -0.1) is 0 Å². The van der Waals surface area contributed by atoms with Crippen LogP contribution in [0.15, 0.2) is 60.4 Å². The molecule has 5 heteroatoms. The van der Waals surface area contributed by atoms with Crippen molar-refractivity contribution < 1.29 is 9.59 Å². The fourth-order valence-corrected chi connectivity index (χ4v) is 3.88. The smallest absolute Gasteiger partial charge is 0.270 e. The Hall–Kier alpha value is -3.34. The van der Waals surface area contributed by atoms with E-state index in [2.05, 4.69) is 36.7 Å². The first-order valence-electron chi connectivity index (χ1n) is 11.4. The van der Waals surface area contributed by atoms with E-state index in [1.54, 1.807) is 12.1 Å². The predicted octanol–water partition coefficient (Wildman–Crippen LogP) is 5.39. The second-order valence-corrected chi connectivity index (χ2v) is 8.06. The Morgan fingerprint density at radius 1 is 0.969 bits per heavy atom. The summed E-state index contributed by atoms with van der Waals surface area (Å²) in [5.74, 6) is -0.431. The molecule has 0 radical (unpaired) electrons. The van der Waals surface area contributed by atoms with E-state index in [1.165, 1.54) is 0 Å². The summed E-state index contributed by atoms with van der Waals surface area (Å²) < 4.78 is 2.15. The topological polar surface area (TPSA) is 54.3 Å². The second kappa shape index (κ2) is 10.8. The average molecular weight is 432 g/mol. The molecule has 1 N–H and O–H groups in total. The molecular formula is C27H33N3O2. The molecule has 2 amide bonds. The predicted molar refractivity (Wildman–Crippen MR) is 131 cm³/mol. The minimum atomic E-state index is -0.281. The molecule has 168 valence electrons. The Labute approximate surface area is 190 Å². The number of benzene rings is 2. The van der Waals surface area contributed by atoms with E-state index in [1.807, 2.05) is 54.4 Å². The van der Waals surface area contributed by atoms with Crippen LogP contribution in [0.1, 0.15) is 55.1 Å². The maximum absolute atomic E-state index is 13.5. The van der Waals surface area contributed by atoms with Gasteiger partial charge in [0, 0.05) is 47.9 Å². The van der Waals surface area contributed by atoms with Crippen molar-refractivity contribution in [3.63, 3.8) is 0 Å². The standard InChI is InChI=1S/C27H33N3O2/c1-5-16-30(17-6-2)27(32)24(28-26(31)21-14-12-20(4)13-15-21)18-22-19-29(7-3)25-11-9-8-10-23(22)25/h8-15,18-19H,5-7,16-17H2,1-4H3,(H,28,31)/b24-18-. The number of nitrogens with one attached hydrogen (secondary N) is 1. The number of amides is 2. The van der Waals surface area contributed by atoms with Gasteiger partial charge in [0.05, 0.1) is 0 Å².